The highest BCUT2D eigenvalue weighted by Gasteiger charge is 2.43. The Balaban J connectivity index is 2.06. The SMILES string of the molecule is COc1cccc([C@H]2C3=C(CC(C)(C)CC3=O)Nc3ccccc3N2C(C)=O)c1OC. The van der Waals surface area contributed by atoms with E-state index in [1.54, 1.807) is 19.1 Å². The summed E-state index contributed by atoms with van der Waals surface area (Å²) in [5.74, 6) is 0.952. The number of allylic oxidation sites excluding steroid dienone is 1. The summed E-state index contributed by atoms with van der Waals surface area (Å²) in [5.41, 5.74) is 3.54. The van der Waals surface area contributed by atoms with Gasteiger partial charge in [-0.05, 0) is 30.0 Å². The van der Waals surface area contributed by atoms with Crippen molar-refractivity contribution in [3.63, 3.8) is 0 Å². The van der Waals surface area contributed by atoms with Gasteiger partial charge in [0.05, 0.1) is 31.6 Å². The zero-order valence-electron chi connectivity index (χ0n) is 18.6. The van der Waals surface area contributed by atoms with Gasteiger partial charge < -0.3 is 14.8 Å². The number of ether oxygens (including phenoxy) is 2. The van der Waals surface area contributed by atoms with Crippen LogP contribution < -0.4 is 19.7 Å². The molecule has 0 saturated heterocycles. The van der Waals surface area contributed by atoms with E-state index in [-0.39, 0.29) is 17.1 Å². The first-order chi connectivity index (χ1) is 14.8. The maximum Gasteiger partial charge on any atom is 0.224 e. The summed E-state index contributed by atoms with van der Waals surface area (Å²) < 4.78 is 11.2. The number of carbonyl (C=O) groups excluding carboxylic acids is 2. The van der Waals surface area contributed by atoms with E-state index >= 15 is 0 Å². The van der Waals surface area contributed by atoms with Crippen molar-refractivity contribution in [3.8, 4) is 11.5 Å². The number of anilines is 2. The Hall–Kier alpha value is -3.28. The number of hydrogen-bond acceptors (Lipinski definition) is 5. The first-order valence-electron chi connectivity index (χ1n) is 10.4. The molecule has 162 valence electrons. The van der Waals surface area contributed by atoms with Crippen LogP contribution in [0.25, 0.3) is 0 Å². The number of methoxy groups -OCH3 is 2. The Kier molecular flexibility index (Phi) is 5.25. The third-order valence-electron chi connectivity index (χ3n) is 5.97. The van der Waals surface area contributed by atoms with Crippen molar-refractivity contribution in [2.75, 3.05) is 24.4 Å². The predicted octanol–water partition coefficient (Wildman–Crippen LogP) is 4.87. The normalized spacial score (nSPS) is 19.7. The van der Waals surface area contributed by atoms with E-state index in [0.29, 0.717) is 29.9 Å². The van der Waals surface area contributed by atoms with Gasteiger partial charge in [0.25, 0.3) is 0 Å². The van der Waals surface area contributed by atoms with Gasteiger partial charge >= 0.3 is 0 Å². The summed E-state index contributed by atoms with van der Waals surface area (Å²) in [5, 5.41) is 3.49. The fraction of sp³-hybridized carbons (Fsp3) is 0.360. The van der Waals surface area contributed by atoms with Crippen LogP contribution in [0.5, 0.6) is 11.5 Å². The number of carbonyl (C=O) groups is 2. The first kappa shape index (κ1) is 21.0. The van der Waals surface area contributed by atoms with Crippen molar-refractivity contribution in [3.05, 3.63) is 59.3 Å². The second kappa shape index (κ2) is 7.76. The van der Waals surface area contributed by atoms with Crippen molar-refractivity contribution in [1.29, 1.82) is 0 Å². The number of Topliss-reactive ketones (excluding diaryl/α,β-unsaturated/α-hetero) is 1. The molecule has 0 radical (unpaired) electrons. The molecule has 6 nitrogen and oxygen atoms in total. The van der Waals surface area contributed by atoms with Gasteiger partial charge in [-0.15, -0.1) is 0 Å². The van der Waals surface area contributed by atoms with Gasteiger partial charge in [-0.2, -0.15) is 0 Å². The number of nitrogens with one attached hydrogen (secondary N) is 1. The highest BCUT2D eigenvalue weighted by molar-refractivity contribution is 6.06. The Labute approximate surface area is 182 Å². The predicted molar refractivity (Wildman–Crippen MR) is 121 cm³/mol. The number of hydrogen-bond donors (Lipinski definition) is 1. The van der Waals surface area contributed by atoms with Crippen LogP contribution >= 0.6 is 0 Å². The molecule has 1 heterocycles. The quantitative estimate of drug-likeness (QED) is 0.768. The van der Waals surface area contributed by atoms with Gasteiger partial charge in [-0.3, -0.25) is 14.5 Å². The molecular formula is C25H28N2O4. The first-order valence-corrected chi connectivity index (χ1v) is 10.4. The number of benzene rings is 2. The van der Waals surface area contributed by atoms with Gasteiger partial charge in [0.1, 0.15) is 0 Å². The molecule has 1 aliphatic carbocycles. The highest BCUT2D eigenvalue weighted by atomic mass is 16.5. The van der Waals surface area contributed by atoms with Gasteiger partial charge in [0.15, 0.2) is 17.3 Å². The van der Waals surface area contributed by atoms with E-state index in [1.165, 1.54) is 6.92 Å². The van der Waals surface area contributed by atoms with E-state index in [2.05, 4.69) is 19.2 Å². The van der Waals surface area contributed by atoms with E-state index in [4.69, 9.17) is 9.47 Å². The van der Waals surface area contributed by atoms with Crippen LogP contribution in [-0.4, -0.2) is 25.9 Å². The maximum atomic E-state index is 13.5. The summed E-state index contributed by atoms with van der Waals surface area (Å²) in [6.45, 7) is 5.72. The Morgan fingerprint density at radius 2 is 1.81 bits per heavy atom. The monoisotopic (exact) mass is 420 g/mol. The summed E-state index contributed by atoms with van der Waals surface area (Å²) in [6, 6.07) is 12.6. The van der Waals surface area contributed by atoms with Crippen molar-refractivity contribution in [2.24, 2.45) is 5.41 Å². The van der Waals surface area contributed by atoms with Crippen LogP contribution in [0.15, 0.2) is 53.7 Å². The number of fused-ring (bicyclic) bond motifs is 1. The summed E-state index contributed by atoms with van der Waals surface area (Å²) in [6.07, 6.45) is 1.12. The standard InChI is InChI=1S/C25H28N2O4/c1-15(28)27-19-11-7-6-10-17(19)26-18-13-25(2,3)14-20(29)22(18)23(27)16-9-8-12-21(30-4)24(16)31-5/h6-12,23,26H,13-14H2,1-5H3/t23-/m0/s1. The third-order valence-corrected chi connectivity index (χ3v) is 5.97. The Morgan fingerprint density at radius 3 is 2.48 bits per heavy atom. The van der Waals surface area contributed by atoms with Gasteiger partial charge in [-0.25, -0.2) is 0 Å². The molecule has 0 bridgehead atoms. The minimum atomic E-state index is -0.628. The van der Waals surface area contributed by atoms with E-state index in [9.17, 15) is 9.59 Å². The molecule has 31 heavy (non-hydrogen) atoms. The van der Waals surface area contributed by atoms with Crippen molar-refractivity contribution >= 4 is 23.1 Å². The number of ketones is 1. The summed E-state index contributed by atoms with van der Waals surface area (Å²) in [7, 11) is 3.15. The molecular weight excluding hydrogens is 392 g/mol. The average molecular weight is 421 g/mol. The zero-order chi connectivity index (χ0) is 22.3. The molecule has 2 aromatic carbocycles. The second-order valence-corrected chi connectivity index (χ2v) is 8.85. The molecule has 0 aromatic heterocycles. The smallest absolute Gasteiger partial charge is 0.224 e. The average Bonchev–Trinajstić information content (AvgIpc) is 2.86. The Bertz CT molecular complexity index is 1090. The summed E-state index contributed by atoms with van der Waals surface area (Å²) in [4.78, 5) is 28.3. The molecule has 2 aromatic rings. The van der Waals surface area contributed by atoms with Crippen molar-refractivity contribution in [1.82, 2.24) is 0 Å². The molecule has 0 spiro atoms. The van der Waals surface area contributed by atoms with Crippen LogP contribution in [0.1, 0.15) is 45.2 Å². The lowest BCUT2D eigenvalue weighted by atomic mass is 9.73. The number of amides is 1. The molecule has 1 N–H and O–H groups in total. The van der Waals surface area contributed by atoms with E-state index in [0.717, 1.165) is 22.6 Å². The summed E-state index contributed by atoms with van der Waals surface area (Å²) >= 11 is 0. The minimum absolute atomic E-state index is 0.0349. The molecule has 1 aliphatic heterocycles. The van der Waals surface area contributed by atoms with E-state index in [1.807, 2.05) is 42.5 Å². The highest BCUT2D eigenvalue weighted by Crippen LogP contribution is 2.50. The van der Waals surface area contributed by atoms with Crippen molar-refractivity contribution < 1.29 is 19.1 Å². The van der Waals surface area contributed by atoms with Crippen LogP contribution in [0.2, 0.25) is 0 Å². The fourth-order valence-corrected chi connectivity index (χ4v) is 4.76. The van der Waals surface area contributed by atoms with Crippen LogP contribution in [0, 0.1) is 5.41 Å². The molecule has 0 saturated carbocycles. The molecule has 2 aliphatic rings. The van der Waals surface area contributed by atoms with Crippen LogP contribution in [-0.2, 0) is 9.59 Å². The largest absolute Gasteiger partial charge is 0.493 e. The molecule has 6 heteroatoms. The van der Waals surface area contributed by atoms with Crippen LogP contribution in [0.4, 0.5) is 11.4 Å². The van der Waals surface area contributed by atoms with Gasteiger partial charge in [-0.1, -0.05) is 38.1 Å². The molecule has 1 amide bonds. The van der Waals surface area contributed by atoms with E-state index < -0.39 is 6.04 Å². The Morgan fingerprint density at radius 1 is 1.06 bits per heavy atom. The topological polar surface area (TPSA) is 67.9 Å². The number of nitrogens with zero attached hydrogens (tertiary/aromatic N) is 1. The molecule has 1 atom stereocenters. The molecule has 0 unspecified atom stereocenters. The lowest BCUT2D eigenvalue weighted by Gasteiger charge is -2.37. The lowest BCUT2D eigenvalue weighted by Crippen LogP contribution is -2.38. The van der Waals surface area contributed by atoms with Crippen LogP contribution in [0.3, 0.4) is 0 Å². The number of para-hydroxylation sites is 3. The lowest BCUT2D eigenvalue weighted by molar-refractivity contribution is -0.118. The molecule has 0 fully saturated rings. The molecule has 4 rings (SSSR count). The van der Waals surface area contributed by atoms with Crippen molar-refractivity contribution in [2.45, 2.75) is 39.7 Å². The second-order valence-electron chi connectivity index (χ2n) is 8.85. The number of rotatable bonds is 3. The maximum absolute atomic E-state index is 13.5. The third kappa shape index (κ3) is 3.56. The zero-order valence-corrected chi connectivity index (χ0v) is 18.6. The van der Waals surface area contributed by atoms with Gasteiger partial charge in [0.2, 0.25) is 5.91 Å². The van der Waals surface area contributed by atoms with Gasteiger partial charge in [0, 0.05) is 30.2 Å². The minimum Gasteiger partial charge on any atom is -0.493 e. The fourth-order valence-electron chi connectivity index (χ4n) is 4.76.